The zero-order valence-corrected chi connectivity index (χ0v) is 11.6. The van der Waals surface area contributed by atoms with E-state index in [9.17, 15) is 0 Å². The van der Waals surface area contributed by atoms with Gasteiger partial charge in [-0.2, -0.15) is 0 Å². The van der Waals surface area contributed by atoms with Crippen LogP contribution < -0.4 is 15.2 Å². The van der Waals surface area contributed by atoms with Gasteiger partial charge in [0.15, 0.2) is 0 Å². The molecule has 0 aliphatic carbocycles. The summed E-state index contributed by atoms with van der Waals surface area (Å²) in [7, 11) is 3.28. The van der Waals surface area contributed by atoms with E-state index in [0.29, 0.717) is 0 Å². The summed E-state index contributed by atoms with van der Waals surface area (Å²) in [6.07, 6.45) is 0. The molecule has 1 aromatic carbocycles. The molecule has 0 aliphatic rings. The summed E-state index contributed by atoms with van der Waals surface area (Å²) in [5.74, 6) is 1.52. The number of hydrogen-bond acceptors (Lipinski definition) is 4. The second kappa shape index (κ2) is 5.42. The summed E-state index contributed by atoms with van der Waals surface area (Å²) in [6, 6.07) is 7.65. The molecular formula is C14H17NO2S. The van der Waals surface area contributed by atoms with Crippen LogP contribution in [-0.2, 0) is 0 Å². The number of ether oxygens (including phenoxy) is 2. The van der Waals surface area contributed by atoms with E-state index >= 15 is 0 Å². The fraction of sp³-hybridized carbons (Fsp3) is 0.286. The highest BCUT2D eigenvalue weighted by Gasteiger charge is 2.15. The Morgan fingerprint density at radius 3 is 2.50 bits per heavy atom. The molecule has 0 fully saturated rings. The minimum atomic E-state index is -0.171. The van der Waals surface area contributed by atoms with Gasteiger partial charge in [-0.25, -0.2) is 0 Å². The average Bonchev–Trinajstić information content (AvgIpc) is 2.83. The lowest BCUT2D eigenvalue weighted by Gasteiger charge is -2.15. The first-order valence-corrected chi connectivity index (χ1v) is 6.56. The number of aryl methyl sites for hydroxylation is 1. The van der Waals surface area contributed by atoms with Crippen molar-refractivity contribution in [2.75, 3.05) is 14.2 Å². The van der Waals surface area contributed by atoms with Crippen LogP contribution in [0.2, 0.25) is 0 Å². The quantitative estimate of drug-likeness (QED) is 0.921. The standard InChI is InChI=1S/C14H17NO2S/c1-9-6-10(8-18-9)14(15)12-5-4-11(16-2)7-13(12)17-3/h4-8,14H,15H2,1-3H3. The van der Waals surface area contributed by atoms with Crippen molar-refractivity contribution in [1.82, 2.24) is 0 Å². The first kappa shape index (κ1) is 12.9. The van der Waals surface area contributed by atoms with Crippen LogP contribution in [0.4, 0.5) is 0 Å². The molecule has 2 aromatic rings. The third-order valence-electron chi connectivity index (χ3n) is 2.89. The second-order valence-electron chi connectivity index (χ2n) is 4.08. The molecule has 0 amide bonds. The third-order valence-corrected chi connectivity index (χ3v) is 3.77. The molecule has 4 heteroatoms. The van der Waals surface area contributed by atoms with E-state index in [1.165, 1.54) is 4.88 Å². The summed E-state index contributed by atoms with van der Waals surface area (Å²) in [4.78, 5) is 1.26. The topological polar surface area (TPSA) is 44.5 Å². The Morgan fingerprint density at radius 1 is 1.17 bits per heavy atom. The monoisotopic (exact) mass is 263 g/mol. The smallest absolute Gasteiger partial charge is 0.127 e. The summed E-state index contributed by atoms with van der Waals surface area (Å²) in [5.41, 5.74) is 8.36. The summed E-state index contributed by atoms with van der Waals surface area (Å²) in [5, 5.41) is 2.09. The molecule has 0 radical (unpaired) electrons. The van der Waals surface area contributed by atoms with Crippen molar-refractivity contribution in [2.45, 2.75) is 13.0 Å². The predicted molar refractivity (Wildman–Crippen MR) is 74.6 cm³/mol. The molecule has 96 valence electrons. The van der Waals surface area contributed by atoms with Crippen LogP contribution in [0.25, 0.3) is 0 Å². The van der Waals surface area contributed by atoms with E-state index in [-0.39, 0.29) is 6.04 Å². The number of nitrogens with two attached hydrogens (primary N) is 1. The molecule has 18 heavy (non-hydrogen) atoms. The van der Waals surface area contributed by atoms with E-state index < -0.39 is 0 Å². The molecular weight excluding hydrogens is 246 g/mol. The lowest BCUT2D eigenvalue weighted by atomic mass is 10.0. The van der Waals surface area contributed by atoms with Gasteiger partial charge in [-0.1, -0.05) is 0 Å². The van der Waals surface area contributed by atoms with Crippen molar-refractivity contribution >= 4 is 11.3 Å². The van der Waals surface area contributed by atoms with Crippen molar-refractivity contribution in [1.29, 1.82) is 0 Å². The fourth-order valence-electron chi connectivity index (χ4n) is 1.88. The first-order chi connectivity index (χ1) is 8.65. The van der Waals surface area contributed by atoms with Crippen molar-refractivity contribution in [3.05, 3.63) is 45.6 Å². The van der Waals surface area contributed by atoms with Crippen molar-refractivity contribution < 1.29 is 9.47 Å². The van der Waals surface area contributed by atoms with Crippen LogP contribution in [0.15, 0.2) is 29.6 Å². The van der Waals surface area contributed by atoms with Gasteiger partial charge in [-0.05, 0) is 36.1 Å². The van der Waals surface area contributed by atoms with Crippen molar-refractivity contribution in [3.8, 4) is 11.5 Å². The largest absolute Gasteiger partial charge is 0.497 e. The lowest BCUT2D eigenvalue weighted by Crippen LogP contribution is -2.12. The molecule has 1 aromatic heterocycles. The van der Waals surface area contributed by atoms with E-state index in [0.717, 1.165) is 22.6 Å². The number of hydrogen-bond donors (Lipinski definition) is 1. The minimum absolute atomic E-state index is 0.171. The molecule has 0 spiro atoms. The van der Waals surface area contributed by atoms with Crippen LogP contribution in [0.1, 0.15) is 22.0 Å². The van der Waals surface area contributed by atoms with Gasteiger partial charge in [0, 0.05) is 16.5 Å². The molecule has 0 bridgehead atoms. The predicted octanol–water partition coefficient (Wildman–Crippen LogP) is 3.12. The van der Waals surface area contributed by atoms with E-state index in [4.69, 9.17) is 15.2 Å². The van der Waals surface area contributed by atoms with Gasteiger partial charge < -0.3 is 15.2 Å². The Balaban J connectivity index is 2.38. The number of benzene rings is 1. The first-order valence-electron chi connectivity index (χ1n) is 5.68. The zero-order valence-electron chi connectivity index (χ0n) is 10.8. The van der Waals surface area contributed by atoms with E-state index in [1.807, 2.05) is 18.2 Å². The Kier molecular flexibility index (Phi) is 3.89. The van der Waals surface area contributed by atoms with Gasteiger partial charge in [0.2, 0.25) is 0 Å². The van der Waals surface area contributed by atoms with Crippen molar-refractivity contribution in [2.24, 2.45) is 5.73 Å². The van der Waals surface area contributed by atoms with Crippen LogP contribution in [0.5, 0.6) is 11.5 Å². The normalized spacial score (nSPS) is 12.2. The van der Waals surface area contributed by atoms with Crippen molar-refractivity contribution in [3.63, 3.8) is 0 Å². The highest BCUT2D eigenvalue weighted by Crippen LogP contribution is 2.33. The average molecular weight is 263 g/mol. The van der Waals surface area contributed by atoms with Crippen LogP contribution in [-0.4, -0.2) is 14.2 Å². The second-order valence-corrected chi connectivity index (χ2v) is 5.19. The lowest BCUT2D eigenvalue weighted by molar-refractivity contribution is 0.390. The Bertz CT molecular complexity index is 536. The fourth-order valence-corrected chi connectivity index (χ4v) is 2.62. The minimum Gasteiger partial charge on any atom is -0.497 e. The Morgan fingerprint density at radius 2 is 1.94 bits per heavy atom. The summed E-state index contributed by atoms with van der Waals surface area (Å²) < 4.78 is 10.6. The number of methoxy groups -OCH3 is 2. The molecule has 0 aliphatic heterocycles. The highest BCUT2D eigenvalue weighted by molar-refractivity contribution is 7.10. The Hall–Kier alpha value is -1.52. The van der Waals surface area contributed by atoms with Gasteiger partial charge in [-0.15, -0.1) is 11.3 Å². The molecule has 3 nitrogen and oxygen atoms in total. The molecule has 0 saturated heterocycles. The maximum Gasteiger partial charge on any atom is 0.127 e. The molecule has 2 N–H and O–H groups in total. The van der Waals surface area contributed by atoms with Gasteiger partial charge in [0.1, 0.15) is 11.5 Å². The molecule has 2 rings (SSSR count). The van der Waals surface area contributed by atoms with Crippen LogP contribution in [0.3, 0.4) is 0 Å². The SMILES string of the molecule is COc1ccc(C(N)c2csc(C)c2)c(OC)c1. The van der Waals surface area contributed by atoms with Gasteiger partial charge >= 0.3 is 0 Å². The summed E-state index contributed by atoms with van der Waals surface area (Å²) in [6.45, 7) is 2.08. The van der Waals surface area contributed by atoms with Gasteiger partial charge in [-0.3, -0.25) is 0 Å². The maximum atomic E-state index is 6.28. The van der Waals surface area contributed by atoms with Crippen LogP contribution >= 0.6 is 11.3 Å². The molecule has 1 heterocycles. The highest BCUT2D eigenvalue weighted by atomic mass is 32.1. The van der Waals surface area contributed by atoms with Crippen LogP contribution in [0, 0.1) is 6.92 Å². The number of thiophene rings is 1. The van der Waals surface area contributed by atoms with E-state index in [2.05, 4.69) is 18.4 Å². The van der Waals surface area contributed by atoms with Gasteiger partial charge in [0.05, 0.1) is 20.3 Å². The van der Waals surface area contributed by atoms with Gasteiger partial charge in [0.25, 0.3) is 0 Å². The number of rotatable bonds is 4. The Labute approximate surface area is 111 Å². The molecule has 0 saturated carbocycles. The third kappa shape index (κ3) is 2.49. The zero-order chi connectivity index (χ0) is 13.1. The molecule has 1 atom stereocenters. The molecule has 1 unspecified atom stereocenters. The van der Waals surface area contributed by atoms with E-state index in [1.54, 1.807) is 25.6 Å². The maximum absolute atomic E-state index is 6.28. The summed E-state index contributed by atoms with van der Waals surface area (Å²) >= 11 is 1.70.